The lowest BCUT2D eigenvalue weighted by Crippen LogP contribution is -2.09. The summed E-state index contributed by atoms with van der Waals surface area (Å²) in [5, 5.41) is 18.3. The standard InChI is InChI=1S/C13H14O6/c1-18-11-4-3-8(6-10(11)14)5-9(7-12(15)16)13(17)19-2/h3-6,14H,7H2,1-2H3,(H,15,16)/b9-5+. The fourth-order valence-electron chi connectivity index (χ4n) is 1.47. The number of aromatic hydroxyl groups is 1. The molecule has 0 fully saturated rings. The molecule has 0 saturated carbocycles. The van der Waals surface area contributed by atoms with E-state index in [4.69, 9.17) is 9.84 Å². The molecule has 0 saturated heterocycles. The third kappa shape index (κ3) is 4.02. The highest BCUT2D eigenvalue weighted by Crippen LogP contribution is 2.27. The molecule has 1 aromatic rings. The molecule has 1 aromatic carbocycles. The van der Waals surface area contributed by atoms with E-state index >= 15 is 0 Å². The first kappa shape index (κ1) is 14.6. The quantitative estimate of drug-likeness (QED) is 0.618. The number of benzene rings is 1. The van der Waals surface area contributed by atoms with E-state index in [9.17, 15) is 14.7 Å². The predicted octanol–water partition coefficient (Wildman–Crippen LogP) is 1.43. The molecule has 0 unspecified atom stereocenters. The number of phenolic OH excluding ortho intramolecular Hbond substituents is 1. The van der Waals surface area contributed by atoms with Crippen molar-refractivity contribution < 1.29 is 29.3 Å². The van der Waals surface area contributed by atoms with Crippen molar-refractivity contribution in [2.24, 2.45) is 0 Å². The molecule has 19 heavy (non-hydrogen) atoms. The largest absolute Gasteiger partial charge is 0.504 e. The lowest BCUT2D eigenvalue weighted by atomic mass is 10.1. The van der Waals surface area contributed by atoms with Crippen LogP contribution in [0.15, 0.2) is 23.8 Å². The first-order valence-corrected chi connectivity index (χ1v) is 5.35. The second-order valence-electron chi connectivity index (χ2n) is 3.66. The summed E-state index contributed by atoms with van der Waals surface area (Å²) in [6.45, 7) is 0. The van der Waals surface area contributed by atoms with Gasteiger partial charge in [0.1, 0.15) is 0 Å². The number of hydrogen-bond acceptors (Lipinski definition) is 5. The molecule has 1 rings (SSSR count). The topological polar surface area (TPSA) is 93.1 Å². The third-order valence-electron chi connectivity index (χ3n) is 2.33. The van der Waals surface area contributed by atoms with Crippen LogP contribution in [0.4, 0.5) is 0 Å². The van der Waals surface area contributed by atoms with Crippen LogP contribution in [-0.2, 0) is 14.3 Å². The number of methoxy groups -OCH3 is 2. The molecule has 6 nitrogen and oxygen atoms in total. The minimum Gasteiger partial charge on any atom is -0.504 e. The summed E-state index contributed by atoms with van der Waals surface area (Å²) >= 11 is 0. The molecule has 0 aliphatic rings. The van der Waals surface area contributed by atoms with Crippen molar-refractivity contribution in [3.8, 4) is 11.5 Å². The van der Waals surface area contributed by atoms with E-state index in [-0.39, 0.29) is 17.1 Å². The van der Waals surface area contributed by atoms with Crippen LogP contribution in [-0.4, -0.2) is 36.4 Å². The number of aliphatic carboxylic acids is 1. The van der Waals surface area contributed by atoms with Crippen LogP contribution in [0.2, 0.25) is 0 Å². The Labute approximate surface area is 109 Å². The SMILES string of the molecule is COC(=O)/C(=C/c1ccc(OC)c(O)c1)CC(=O)O. The van der Waals surface area contributed by atoms with Gasteiger partial charge in [0, 0.05) is 5.57 Å². The first-order chi connectivity index (χ1) is 8.97. The zero-order valence-corrected chi connectivity index (χ0v) is 10.5. The zero-order valence-electron chi connectivity index (χ0n) is 10.5. The van der Waals surface area contributed by atoms with E-state index in [1.165, 1.54) is 32.4 Å². The van der Waals surface area contributed by atoms with E-state index < -0.39 is 18.4 Å². The van der Waals surface area contributed by atoms with Gasteiger partial charge in [-0.1, -0.05) is 6.07 Å². The maximum Gasteiger partial charge on any atom is 0.334 e. The van der Waals surface area contributed by atoms with Crippen molar-refractivity contribution in [3.63, 3.8) is 0 Å². The van der Waals surface area contributed by atoms with Gasteiger partial charge in [0.25, 0.3) is 0 Å². The lowest BCUT2D eigenvalue weighted by molar-refractivity contribution is -0.141. The smallest absolute Gasteiger partial charge is 0.334 e. The number of carbonyl (C=O) groups excluding carboxylic acids is 1. The van der Waals surface area contributed by atoms with Gasteiger partial charge in [0.15, 0.2) is 11.5 Å². The zero-order chi connectivity index (χ0) is 14.4. The van der Waals surface area contributed by atoms with E-state index in [2.05, 4.69) is 4.74 Å². The Morgan fingerprint density at radius 2 is 2.00 bits per heavy atom. The van der Waals surface area contributed by atoms with Gasteiger partial charge in [-0.3, -0.25) is 4.79 Å². The Hall–Kier alpha value is -2.50. The summed E-state index contributed by atoms with van der Waals surface area (Å²) in [6.07, 6.45) is 0.887. The summed E-state index contributed by atoms with van der Waals surface area (Å²) < 4.78 is 9.38. The van der Waals surface area contributed by atoms with Crippen molar-refractivity contribution in [1.29, 1.82) is 0 Å². The number of carboxylic acid groups (broad SMARTS) is 1. The van der Waals surface area contributed by atoms with Gasteiger partial charge < -0.3 is 19.7 Å². The van der Waals surface area contributed by atoms with Crippen LogP contribution in [0.5, 0.6) is 11.5 Å². The van der Waals surface area contributed by atoms with Gasteiger partial charge >= 0.3 is 11.9 Å². The van der Waals surface area contributed by atoms with Crippen LogP contribution < -0.4 is 4.74 Å². The summed E-state index contributed by atoms with van der Waals surface area (Å²) in [7, 11) is 2.58. The number of ether oxygens (including phenoxy) is 2. The van der Waals surface area contributed by atoms with Crippen molar-refractivity contribution in [1.82, 2.24) is 0 Å². The number of esters is 1. The molecule has 0 aliphatic heterocycles. The van der Waals surface area contributed by atoms with Crippen molar-refractivity contribution in [2.75, 3.05) is 14.2 Å². The summed E-state index contributed by atoms with van der Waals surface area (Å²) in [6, 6.07) is 4.46. The molecule has 0 atom stereocenters. The van der Waals surface area contributed by atoms with Crippen LogP contribution >= 0.6 is 0 Å². The minimum absolute atomic E-state index is 0.0143. The maximum atomic E-state index is 11.4. The first-order valence-electron chi connectivity index (χ1n) is 5.35. The number of phenols is 1. The van der Waals surface area contributed by atoms with Gasteiger partial charge in [-0.25, -0.2) is 4.79 Å². The highest BCUT2D eigenvalue weighted by molar-refractivity contribution is 5.97. The Bertz CT molecular complexity index is 518. The molecule has 0 heterocycles. The fourth-order valence-corrected chi connectivity index (χ4v) is 1.47. The molecule has 0 aliphatic carbocycles. The maximum absolute atomic E-state index is 11.4. The molecular weight excluding hydrogens is 252 g/mol. The van der Waals surface area contributed by atoms with E-state index in [0.717, 1.165) is 0 Å². The summed E-state index contributed by atoms with van der Waals surface area (Å²) in [5.74, 6) is -1.68. The molecule has 0 spiro atoms. The van der Waals surface area contributed by atoms with Crippen LogP contribution in [0.3, 0.4) is 0 Å². The number of rotatable bonds is 5. The van der Waals surface area contributed by atoms with Crippen molar-refractivity contribution in [2.45, 2.75) is 6.42 Å². The normalized spacial score (nSPS) is 10.9. The van der Waals surface area contributed by atoms with E-state index in [1.807, 2.05) is 0 Å². The van der Waals surface area contributed by atoms with Gasteiger partial charge in [0.05, 0.1) is 20.6 Å². The number of carboxylic acids is 1. The van der Waals surface area contributed by atoms with Crippen molar-refractivity contribution in [3.05, 3.63) is 29.3 Å². The monoisotopic (exact) mass is 266 g/mol. The van der Waals surface area contributed by atoms with Crippen LogP contribution in [0, 0.1) is 0 Å². The average Bonchev–Trinajstić information content (AvgIpc) is 2.36. The predicted molar refractivity (Wildman–Crippen MR) is 66.9 cm³/mol. The van der Waals surface area contributed by atoms with E-state index in [1.54, 1.807) is 6.07 Å². The van der Waals surface area contributed by atoms with Gasteiger partial charge in [-0.2, -0.15) is 0 Å². The average molecular weight is 266 g/mol. The molecule has 2 N–H and O–H groups in total. The molecule has 6 heteroatoms. The van der Waals surface area contributed by atoms with Crippen LogP contribution in [0.25, 0.3) is 6.08 Å². The molecule has 0 bridgehead atoms. The highest BCUT2D eigenvalue weighted by Gasteiger charge is 2.14. The highest BCUT2D eigenvalue weighted by atomic mass is 16.5. The number of hydrogen-bond donors (Lipinski definition) is 2. The van der Waals surface area contributed by atoms with Crippen LogP contribution in [0.1, 0.15) is 12.0 Å². The van der Waals surface area contributed by atoms with Gasteiger partial charge in [-0.05, 0) is 23.8 Å². The molecule has 0 radical (unpaired) electrons. The Kier molecular flexibility index (Phi) is 4.93. The van der Waals surface area contributed by atoms with Gasteiger partial charge in [0.2, 0.25) is 0 Å². The Morgan fingerprint density at radius 3 is 2.47 bits per heavy atom. The summed E-state index contributed by atoms with van der Waals surface area (Å²) in [5.41, 5.74) is 0.458. The number of carbonyl (C=O) groups is 2. The minimum atomic E-state index is -1.14. The third-order valence-corrected chi connectivity index (χ3v) is 2.33. The van der Waals surface area contributed by atoms with Gasteiger partial charge in [-0.15, -0.1) is 0 Å². The molecule has 0 amide bonds. The van der Waals surface area contributed by atoms with E-state index in [0.29, 0.717) is 5.56 Å². The fraction of sp³-hybridized carbons (Fsp3) is 0.231. The second-order valence-corrected chi connectivity index (χ2v) is 3.66. The molecule has 0 aromatic heterocycles. The Morgan fingerprint density at radius 1 is 1.32 bits per heavy atom. The Balaban J connectivity index is 3.10. The summed E-state index contributed by atoms with van der Waals surface area (Å²) in [4.78, 5) is 22.1. The molecule has 102 valence electrons. The lowest BCUT2D eigenvalue weighted by Gasteiger charge is -2.05. The molecular formula is C13H14O6. The van der Waals surface area contributed by atoms with Crippen molar-refractivity contribution >= 4 is 18.0 Å². The second kappa shape index (κ2) is 6.44.